The molecule has 21 heavy (non-hydrogen) atoms. The van der Waals surface area contributed by atoms with Crippen LogP contribution in [-0.2, 0) is 0 Å². The summed E-state index contributed by atoms with van der Waals surface area (Å²) in [6.07, 6.45) is 1.45. The predicted octanol–water partition coefficient (Wildman–Crippen LogP) is 2.93. The van der Waals surface area contributed by atoms with Crippen molar-refractivity contribution in [2.24, 2.45) is 5.10 Å². The maximum Gasteiger partial charge on any atom is 0.271 e. The van der Waals surface area contributed by atoms with E-state index in [1.165, 1.54) is 12.3 Å². The van der Waals surface area contributed by atoms with E-state index in [2.05, 4.69) is 26.5 Å². The van der Waals surface area contributed by atoms with Gasteiger partial charge in [-0.2, -0.15) is 5.10 Å². The van der Waals surface area contributed by atoms with E-state index in [9.17, 15) is 9.90 Å². The Labute approximate surface area is 130 Å². The lowest BCUT2D eigenvalue weighted by Gasteiger charge is -2.02. The first-order valence-electron chi connectivity index (χ1n) is 6.06. The number of benzene rings is 2. The summed E-state index contributed by atoms with van der Waals surface area (Å²) >= 11 is 3.33. The zero-order chi connectivity index (χ0) is 15.2. The van der Waals surface area contributed by atoms with Gasteiger partial charge in [-0.25, -0.2) is 5.43 Å². The lowest BCUT2D eigenvalue weighted by atomic mass is 10.2. The molecule has 0 fully saturated rings. The Kier molecular flexibility index (Phi) is 4.94. The largest absolute Gasteiger partial charge is 0.508 e. The van der Waals surface area contributed by atoms with Crippen molar-refractivity contribution in [2.75, 3.05) is 7.11 Å². The number of aromatic hydroxyl groups is 1. The molecule has 0 spiro atoms. The van der Waals surface area contributed by atoms with Crippen molar-refractivity contribution >= 4 is 28.1 Å². The van der Waals surface area contributed by atoms with Gasteiger partial charge in [-0.1, -0.05) is 15.9 Å². The molecule has 2 N–H and O–H groups in total. The van der Waals surface area contributed by atoms with Gasteiger partial charge >= 0.3 is 0 Å². The van der Waals surface area contributed by atoms with Gasteiger partial charge in [-0.05, 0) is 42.5 Å². The molecule has 6 heteroatoms. The first kappa shape index (κ1) is 15.1. The Bertz CT molecular complexity index is 669. The number of nitrogens with zero attached hydrogens (tertiary/aromatic N) is 1. The Morgan fingerprint density at radius 1 is 1.29 bits per heavy atom. The van der Waals surface area contributed by atoms with Crippen LogP contribution in [0.5, 0.6) is 11.5 Å². The Balaban J connectivity index is 2.02. The van der Waals surface area contributed by atoms with Gasteiger partial charge in [0, 0.05) is 15.6 Å². The number of phenols is 1. The van der Waals surface area contributed by atoms with E-state index >= 15 is 0 Å². The van der Waals surface area contributed by atoms with E-state index in [-0.39, 0.29) is 11.7 Å². The summed E-state index contributed by atoms with van der Waals surface area (Å²) in [5.74, 6) is 0.477. The average Bonchev–Trinajstić information content (AvgIpc) is 2.50. The standard InChI is InChI=1S/C15H13BrN2O3/c1-21-13-5-2-10(3-6-13)15(20)18-17-9-11-8-12(19)4-7-14(11)16/h2-9,19H,1H3,(H,18,20). The Hall–Kier alpha value is -2.34. The molecule has 2 rings (SSSR count). The minimum absolute atomic E-state index is 0.126. The van der Waals surface area contributed by atoms with Crippen molar-refractivity contribution in [3.05, 3.63) is 58.1 Å². The van der Waals surface area contributed by atoms with Crippen LogP contribution >= 0.6 is 15.9 Å². The summed E-state index contributed by atoms with van der Waals surface area (Å²) in [5.41, 5.74) is 3.55. The molecule has 2 aromatic rings. The van der Waals surface area contributed by atoms with Crippen molar-refractivity contribution in [1.82, 2.24) is 5.43 Å². The van der Waals surface area contributed by atoms with E-state index in [0.29, 0.717) is 16.9 Å². The van der Waals surface area contributed by atoms with Crippen molar-refractivity contribution in [2.45, 2.75) is 0 Å². The molecule has 0 saturated heterocycles. The summed E-state index contributed by atoms with van der Waals surface area (Å²) in [5, 5.41) is 13.3. The fourth-order valence-electron chi connectivity index (χ4n) is 1.60. The van der Waals surface area contributed by atoms with Crippen LogP contribution in [0.25, 0.3) is 0 Å². The first-order valence-corrected chi connectivity index (χ1v) is 6.85. The van der Waals surface area contributed by atoms with E-state index in [1.54, 1.807) is 43.5 Å². The number of hydrogen-bond donors (Lipinski definition) is 2. The highest BCUT2D eigenvalue weighted by Crippen LogP contribution is 2.19. The molecule has 0 atom stereocenters. The van der Waals surface area contributed by atoms with Gasteiger partial charge in [0.15, 0.2) is 0 Å². The van der Waals surface area contributed by atoms with Crippen LogP contribution < -0.4 is 10.2 Å². The zero-order valence-corrected chi connectivity index (χ0v) is 12.8. The highest BCUT2D eigenvalue weighted by atomic mass is 79.9. The van der Waals surface area contributed by atoms with Crippen molar-refractivity contribution < 1.29 is 14.6 Å². The van der Waals surface area contributed by atoms with Crippen molar-refractivity contribution in [3.8, 4) is 11.5 Å². The van der Waals surface area contributed by atoms with Crippen molar-refractivity contribution in [3.63, 3.8) is 0 Å². The molecule has 0 radical (unpaired) electrons. The monoisotopic (exact) mass is 348 g/mol. The van der Waals surface area contributed by atoms with E-state index < -0.39 is 0 Å². The zero-order valence-electron chi connectivity index (χ0n) is 11.2. The molecular weight excluding hydrogens is 336 g/mol. The molecule has 0 aliphatic rings. The maximum absolute atomic E-state index is 11.9. The maximum atomic E-state index is 11.9. The van der Waals surface area contributed by atoms with Crippen LogP contribution in [0.15, 0.2) is 52.0 Å². The summed E-state index contributed by atoms with van der Waals surface area (Å²) in [6, 6.07) is 11.5. The molecular formula is C15H13BrN2O3. The molecule has 2 aromatic carbocycles. The molecule has 0 aliphatic carbocycles. The summed E-state index contributed by atoms with van der Waals surface area (Å²) in [4.78, 5) is 11.9. The number of phenolic OH excluding ortho intramolecular Hbond substituents is 1. The molecule has 0 saturated carbocycles. The van der Waals surface area contributed by atoms with Gasteiger partial charge in [-0.15, -0.1) is 0 Å². The highest BCUT2D eigenvalue weighted by molar-refractivity contribution is 9.10. The first-order chi connectivity index (χ1) is 10.1. The fraction of sp³-hybridized carbons (Fsp3) is 0.0667. The fourth-order valence-corrected chi connectivity index (χ4v) is 1.95. The third-order valence-electron chi connectivity index (χ3n) is 2.70. The van der Waals surface area contributed by atoms with E-state index in [4.69, 9.17) is 4.74 Å². The lowest BCUT2D eigenvalue weighted by Crippen LogP contribution is -2.17. The molecule has 0 heterocycles. The summed E-state index contributed by atoms with van der Waals surface area (Å²) in [6.45, 7) is 0. The van der Waals surface area contributed by atoms with Crippen LogP contribution in [0.3, 0.4) is 0 Å². The second-order valence-electron chi connectivity index (χ2n) is 4.13. The number of halogens is 1. The molecule has 0 aromatic heterocycles. The molecule has 5 nitrogen and oxygen atoms in total. The second kappa shape index (κ2) is 6.90. The number of ether oxygens (including phenoxy) is 1. The predicted molar refractivity (Wildman–Crippen MR) is 83.9 cm³/mol. The van der Waals surface area contributed by atoms with Gasteiger partial charge in [0.05, 0.1) is 13.3 Å². The van der Waals surface area contributed by atoms with Gasteiger partial charge in [-0.3, -0.25) is 4.79 Å². The Morgan fingerprint density at radius 2 is 2.00 bits per heavy atom. The quantitative estimate of drug-likeness (QED) is 0.659. The van der Waals surface area contributed by atoms with E-state index in [1.807, 2.05) is 0 Å². The molecule has 0 unspecified atom stereocenters. The second-order valence-corrected chi connectivity index (χ2v) is 4.99. The third-order valence-corrected chi connectivity index (χ3v) is 3.42. The molecule has 108 valence electrons. The number of amides is 1. The molecule has 0 aliphatic heterocycles. The summed E-state index contributed by atoms with van der Waals surface area (Å²) in [7, 11) is 1.56. The van der Waals surface area contributed by atoms with Gasteiger partial charge in [0.2, 0.25) is 0 Å². The van der Waals surface area contributed by atoms with Crippen LogP contribution in [0.1, 0.15) is 15.9 Å². The van der Waals surface area contributed by atoms with Crippen LogP contribution in [0.4, 0.5) is 0 Å². The lowest BCUT2D eigenvalue weighted by molar-refractivity contribution is 0.0955. The highest BCUT2D eigenvalue weighted by Gasteiger charge is 2.04. The van der Waals surface area contributed by atoms with E-state index in [0.717, 1.165) is 4.47 Å². The number of carbonyl (C=O) groups is 1. The third kappa shape index (κ3) is 4.06. The minimum atomic E-state index is -0.329. The summed E-state index contributed by atoms with van der Waals surface area (Å²) < 4.78 is 5.79. The number of methoxy groups -OCH3 is 1. The smallest absolute Gasteiger partial charge is 0.271 e. The van der Waals surface area contributed by atoms with Crippen molar-refractivity contribution in [1.29, 1.82) is 0 Å². The normalized spacial score (nSPS) is 10.6. The van der Waals surface area contributed by atoms with Crippen LogP contribution in [0.2, 0.25) is 0 Å². The van der Waals surface area contributed by atoms with Gasteiger partial charge < -0.3 is 9.84 Å². The topological polar surface area (TPSA) is 70.9 Å². The molecule has 1 amide bonds. The molecule has 0 bridgehead atoms. The van der Waals surface area contributed by atoms with Gasteiger partial charge in [0.1, 0.15) is 11.5 Å². The number of hydrogen-bond acceptors (Lipinski definition) is 4. The number of rotatable bonds is 4. The number of hydrazone groups is 1. The number of nitrogens with one attached hydrogen (secondary N) is 1. The average molecular weight is 349 g/mol. The van der Waals surface area contributed by atoms with Crippen LogP contribution in [0, 0.1) is 0 Å². The Morgan fingerprint density at radius 3 is 2.67 bits per heavy atom. The SMILES string of the molecule is COc1ccc(C(=O)NN=Cc2cc(O)ccc2Br)cc1. The van der Waals surface area contributed by atoms with Crippen LogP contribution in [-0.4, -0.2) is 24.3 Å². The minimum Gasteiger partial charge on any atom is -0.508 e. The number of carbonyl (C=O) groups excluding carboxylic acids is 1. The van der Waals surface area contributed by atoms with Gasteiger partial charge in [0.25, 0.3) is 5.91 Å².